The summed E-state index contributed by atoms with van der Waals surface area (Å²) in [5.41, 5.74) is 5.72. The molecule has 0 saturated carbocycles. The molecule has 2 amide bonds. The molecule has 0 saturated heterocycles. The second-order valence-corrected chi connectivity index (χ2v) is 7.95. The van der Waals surface area contributed by atoms with E-state index < -0.39 is 0 Å². The number of halogens is 1. The summed E-state index contributed by atoms with van der Waals surface area (Å²) in [5, 5.41) is 6.32. The summed E-state index contributed by atoms with van der Waals surface area (Å²) in [7, 11) is 0. The summed E-state index contributed by atoms with van der Waals surface area (Å²) in [6.45, 7) is 5.12. The van der Waals surface area contributed by atoms with E-state index in [0.717, 1.165) is 22.6 Å². The number of hydrogen-bond donors (Lipinski definition) is 2. The molecular weight excluding hydrogens is 410 g/mol. The van der Waals surface area contributed by atoms with Gasteiger partial charge in [-0.25, -0.2) is 14.8 Å². The molecule has 158 valence electrons. The number of carbonyl (C=O) groups excluding carboxylic acids is 1. The summed E-state index contributed by atoms with van der Waals surface area (Å²) in [5.74, 6) is 0.882. The smallest absolute Gasteiger partial charge is 0.319 e. The number of pyridine rings is 1. The maximum absolute atomic E-state index is 12.3. The Morgan fingerprint density at radius 3 is 2.68 bits per heavy atom. The van der Waals surface area contributed by atoms with Crippen molar-refractivity contribution in [1.29, 1.82) is 0 Å². The van der Waals surface area contributed by atoms with Gasteiger partial charge < -0.3 is 15.2 Å². The Morgan fingerprint density at radius 2 is 1.90 bits per heavy atom. The summed E-state index contributed by atoms with van der Waals surface area (Å²) in [6, 6.07) is 17.4. The van der Waals surface area contributed by atoms with Crippen molar-refractivity contribution in [1.82, 2.24) is 19.9 Å². The van der Waals surface area contributed by atoms with Crippen LogP contribution in [0, 0.1) is 13.8 Å². The van der Waals surface area contributed by atoms with Crippen molar-refractivity contribution in [3.63, 3.8) is 0 Å². The third-order valence-electron chi connectivity index (χ3n) is 5.11. The maximum atomic E-state index is 12.3. The normalized spacial score (nSPS) is 10.9. The quantitative estimate of drug-likeness (QED) is 0.443. The number of anilines is 1. The molecule has 0 radical (unpaired) electrons. The van der Waals surface area contributed by atoms with E-state index in [9.17, 15) is 4.79 Å². The van der Waals surface area contributed by atoms with Crippen LogP contribution in [0.3, 0.4) is 0 Å². The summed E-state index contributed by atoms with van der Waals surface area (Å²) in [6.07, 6.45) is 2.36. The number of nitrogens with one attached hydrogen (secondary N) is 2. The van der Waals surface area contributed by atoms with E-state index in [-0.39, 0.29) is 6.03 Å². The first kappa shape index (κ1) is 20.9. The van der Waals surface area contributed by atoms with Crippen molar-refractivity contribution in [3.05, 3.63) is 88.3 Å². The fourth-order valence-corrected chi connectivity index (χ4v) is 3.55. The van der Waals surface area contributed by atoms with Gasteiger partial charge in [0.1, 0.15) is 11.3 Å². The van der Waals surface area contributed by atoms with Gasteiger partial charge in [0.15, 0.2) is 5.65 Å². The van der Waals surface area contributed by atoms with Crippen LogP contribution in [0.25, 0.3) is 11.2 Å². The monoisotopic (exact) mass is 433 g/mol. The SMILES string of the molecule is Cc1ccc(Cn2c(CCNC(=O)Nc3ccc(C)c(Cl)c3)nc3cccnc32)cc1. The zero-order chi connectivity index (χ0) is 21.8. The molecule has 0 aliphatic carbocycles. The molecule has 0 unspecified atom stereocenters. The number of benzene rings is 2. The van der Waals surface area contributed by atoms with Crippen molar-refractivity contribution in [3.8, 4) is 0 Å². The Morgan fingerprint density at radius 1 is 1.10 bits per heavy atom. The molecular formula is C24H24ClN5O. The number of fused-ring (bicyclic) bond motifs is 1. The molecule has 2 heterocycles. The molecule has 0 fully saturated rings. The second kappa shape index (κ2) is 9.18. The summed E-state index contributed by atoms with van der Waals surface area (Å²) >= 11 is 6.12. The molecule has 4 rings (SSSR count). The highest BCUT2D eigenvalue weighted by Gasteiger charge is 2.12. The lowest BCUT2D eigenvalue weighted by Crippen LogP contribution is -2.31. The van der Waals surface area contributed by atoms with E-state index in [2.05, 4.69) is 51.4 Å². The number of nitrogens with zero attached hydrogens (tertiary/aromatic N) is 3. The number of urea groups is 1. The lowest BCUT2D eigenvalue weighted by atomic mass is 10.1. The van der Waals surface area contributed by atoms with Crippen LogP contribution in [0.4, 0.5) is 10.5 Å². The Balaban J connectivity index is 1.44. The van der Waals surface area contributed by atoms with Gasteiger partial charge in [-0.2, -0.15) is 0 Å². The van der Waals surface area contributed by atoms with Gasteiger partial charge in [-0.3, -0.25) is 0 Å². The number of aryl methyl sites for hydroxylation is 2. The van der Waals surface area contributed by atoms with E-state index in [1.165, 1.54) is 11.1 Å². The molecule has 2 N–H and O–H groups in total. The molecule has 7 heteroatoms. The Labute approximate surface area is 186 Å². The van der Waals surface area contributed by atoms with Crippen molar-refractivity contribution >= 4 is 34.5 Å². The number of amides is 2. The molecule has 0 aliphatic rings. The lowest BCUT2D eigenvalue weighted by Gasteiger charge is -2.11. The predicted molar refractivity (Wildman–Crippen MR) is 125 cm³/mol. The van der Waals surface area contributed by atoms with Gasteiger partial charge in [-0.05, 0) is 49.2 Å². The summed E-state index contributed by atoms with van der Waals surface area (Å²) < 4.78 is 2.11. The van der Waals surface area contributed by atoms with Crippen LogP contribution in [0.5, 0.6) is 0 Å². The molecule has 2 aromatic heterocycles. The average Bonchev–Trinajstić information content (AvgIpc) is 3.10. The number of carbonyl (C=O) groups is 1. The molecule has 0 spiro atoms. The fraction of sp³-hybridized carbons (Fsp3) is 0.208. The van der Waals surface area contributed by atoms with Gasteiger partial charge in [-0.15, -0.1) is 0 Å². The Kier molecular flexibility index (Phi) is 6.18. The zero-order valence-electron chi connectivity index (χ0n) is 17.5. The molecule has 0 atom stereocenters. The van der Waals surface area contributed by atoms with Gasteiger partial charge in [-0.1, -0.05) is 47.5 Å². The highest BCUT2D eigenvalue weighted by atomic mass is 35.5. The lowest BCUT2D eigenvalue weighted by molar-refractivity contribution is 0.252. The predicted octanol–water partition coefficient (Wildman–Crippen LogP) is 5.11. The van der Waals surface area contributed by atoms with Crippen molar-refractivity contribution in [2.45, 2.75) is 26.8 Å². The highest BCUT2D eigenvalue weighted by molar-refractivity contribution is 6.31. The molecule has 0 aliphatic heterocycles. The standard InChI is InChI=1S/C24H24ClN5O/c1-16-5-8-18(9-6-16)15-30-22(29-21-4-3-12-26-23(21)30)11-13-27-24(31)28-19-10-7-17(2)20(25)14-19/h3-10,12,14H,11,13,15H2,1-2H3,(H2,27,28,31). The van der Waals surface area contributed by atoms with Crippen LogP contribution in [-0.2, 0) is 13.0 Å². The van der Waals surface area contributed by atoms with Gasteiger partial charge in [0.25, 0.3) is 0 Å². The van der Waals surface area contributed by atoms with E-state index in [1.54, 1.807) is 12.3 Å². The third kappa shape index (κ3) is 5.03. The topological polar surface area (TPSA) is 71.8 Å². The van der Waals surface area contributed by atoms with Gasteiger partial charge in [0.05, 0.1) is 6.54 Å². The van der Waals surface area contributed by atoms with Crippen LogP contribution in [-0.4, -0.2) is 27.1 Å². The van der Waals surface area contributed by atoms with Gasteiger partial charge in [0.2, 0.25) is 0 Å². The Bertz CT molecular complexity index is 1220. The second-order valence-electron chi connectivity index (χ2n) is 7.54. The number of imidazole rings is 1. The van der Waals surface area contributed by atoms with Crippen LogP contribution >= 0.6 is 11.6 Å². The minimum Gasteiger partial charge on any atom is -0.337 e. The van der Waals surface area contributed by atoms with Gasteiger partial charge >= 0.3 is 6.03 Å². The minimum absolute atomic E-state index is 0.278. The first-order valence-electron chi connectivity index (χ1n) is 10.2. The van der Waals surface area contributed by atoms with Crippen LogP contribution in [0.15, 0.2) is 60.8 Å². The fourth-order valence-electron chi connectivity index (χ4n) is 3.37. The first-order valence-corrected chi connectivity index (χ1v) is 10.5. The molecule has 4 aromatic rings. The highest BCUT2D eigenvalue weighted by Crippen LogP contribution is 2.20. The van der Waals surface area contributed by atoms with E-state index >= 15 is 0 Å². The zero-order valence-corrected chi connectivity index (χ0v) is 18.3. The Hall–Kier alpha value is -3.38. The molecule has 2 aromatic carbocycles. The number of aromatic nitrogens is 3. The van der Waals surface area contributed by atoms with Crippen molar-refractivity contribution in [2.75, 3.05) is 11.9 Å². The van der Waals surface area contributed by atoms with Crippen LogP contribution in [0.1, 0.15) is 22.5 Å². The average molecular weight is 434 g/mol. The molecule has 6 nitrogen and oxygen atoms in total. The summed E-state index contributed by atoms with van der Waals surface area (Å²) in [4.78, 5) is 21.5. The molecule has 31 heavy (non-hydrogen) atoms. The number of rotatable bonds is 6. The van der Waals surface area contributed by atoms with Crippen LogP contribution in [0.2, 0.25) is 5.02 Å². The van der Waals surface area contributed by atoms with Crippen molar-refractivity contribution < 1.29 is 4.79 Å². The van der Waals surface area contributed by atoms with Crippen LogP contribution < -0.4 is 10.6 Å². The largest absolute Gasteiger partial charge is 0.337 e. The van der Waals surface area contributed by atoms with E-state index in [4.69, 9.17) is 16.6 Å². The maximum Gasteiger partial charge on any atom is 0.319 e. The number of hydrogen-bond acceptors (Lipinski definition) is 3. The van der Waals surface area contributed by atoms with Crippen molar-refractivity contribution in [2.24, 2.45) is 0 Å². The van der Waals surface area contributed by atoms with E-state index in [0.29, 0.717) is 30.2 Å². The molecule has 0 bridgehead atoms. The minimum atomic E-state index is -0.278. The van der Waals surface area contributed by atoms with E-state index in [1.807, 2.05) is 31.2 Å². The first-order chi connectivity index (χ1) is 15.0. The third-order valence-corrected chi connectivity index (χ3v) is 5.52. The van der Waals surface area contributed by atoms with Gasteiger partial charge in [0, 0.05) is 29.9 Å².